The van der Waals surface area contributed by atoms with Crippen LogP contribution in [0.1, 0.15) is 31.2 Å². The largest absolute Gasteiger partial charge is 0.455 e. The molecule has 1 fully saturated rings. The van der Waals surface area contributed by atoms with E-state index in [-0.39, 0.29) is 12.4 Å². The molecule has 1 N–H and O–H groups in total. The van der Waals surface area contributed by atoms with Crippen molar-refractivity contribution in [3.63, 3.8) is 0 Å². The predicted molar refractivity (Wildman–Crippen MR) is 107 cm³/mol. The molecule has 0 atom stereocenters. The number of nitrogens with one attached hydrogen (secondary N) is 1. The third kappa shape index (κ3) is 4.32. The number of hydrogen-bond donors (Lipinski definition) is 1. The van der Waals surface area contributed by atoms with E-state index in [0.717, 1.165) is 24.1 Å². The standard InChI is InChI=1S/C22H25FN2O3/c1-25(2)19-11-9-18(10-12-19)24-20(26)15-28-21(27)22(13-3-4-14-22)16-5-7-17(23)8-6-16/h5-12H,3-4,13-15H2,1-2H3,(H,24,26). The molecule has 3 rings (SSSR count). The Hall–Kier alpha value is -2.89. The Bertz CT molecular complexity index is 826. The van der Waals surface area contributed by atoms with Crippen molar-refractivity contribution in [2.75, 3.05) is 30.9 Å². The molecule has 1 aliphatic carbocycles. The van der Waals surface area contributed by atoms with Gasteiger partial charge in [-0.25, -0.2) is 4.39 Å². The van der Waals surface area contributed by atoms with Crippen molar-refractivity contribution in [3.05, 3.63) is 59.9 Å². The van der Waals surface area contributed by atoms with Crippen molar-refractivity contribution in [2.24, 2.45) is 0 Å². The van der Waals surface area contributed by atoms with Crippen molar-refractivity contribution in [1.82, 2.24) is 0 Å². The molecule has 0 bridgehead atoms. The SMILES string of the molecule is CN(C)c1ccc(NC(=O)COC(=O)C2(c3ccc(F)cc3)CCCC2)cc1. The summed E-state index contributed by atoms with van der Waals surface area (Å²) < 4.78 is 18.6. The van der Waals surface area contributed by atoms with Gasteiger partial charge in [0.25, 0.3) is 5.91 Å². The summed E-state index contributed by atoms with van der Waals surface area (Å²) in [7, 11) is 3.88. The molecule has 148 valence electrons. The van der Waals surface area contributed by atoms with Crippen LogP contribution in [0.25, 0.3) is 0 Å². The first-order valence-electron chi connectivity index (χ1n) is 9.41. The number of amides is 1. The number of benzene rings is 2. The fraction of sp³-hybridized carbons (Fsp3) is 0.364. The summed E-state index contributed by atoms with van der Waals surface area (Å²) in [5.41, 5.74) is 1.62. The second kappa shape index (κ2) is 8.42. The van der Waals surface area contributed by atoms with Gasteiger partial charge < -0.3 is 15.0 Å². The van der Waals surface area contributed by atoms with Gasteiger partial charge in [-0.15, -0.1) is 0 Å². The van der Waals surface area contributed by atoms with Crippen LogP contribution in [-0.2, 0) is 19.7 Å². The maximum atomic E-state index is 13.3. The van der Waals surface area contributed by atoms with E-state index in [1.54, 1.807) is 24.3 Å². The number of anilines is 2. The minimum absolute atomic E-state index is 0.343. The van der Waals surface area contributed by atoms with Crippen molar-refractivity contribution in [1.29, 1.82) is 0 Å². The Labute approximate surface area is 164 Å². The molecule has 0 saturated heterocycles. The molecule has 1 amide bonds. The number of hydrogen-bond acceptors (Lipinski definition) is 4. The van der Waals surface area contributed by atoms with E-state index in [0.29, 0.717) is 18.5 Å². The van der Waals surface area contributed by atoms with Crippen molar-refractivity contribution >= 4 is 23.3 Å². The Balaban J connectivity index is 1.61. The van der Waals surface area contributed by atoms with Gasteiger partial charge in [0.2, 0.25) is 0 Å². The molecule has 0 unspecified atom stereocenters. The Morgan fingerprint density at radius 1 is 1.04 bits per heavy atom. The topological polar surface area (TPSA) is 58.6 Å². The van der Waals surface area contributed by atoms with Crippen molar-refractivity contribution in [2.45, 2.75) is 31.1 Å². The molecule has 28 heavy (non-hydrogen) atoms. The quantitative estimate of drug-likeness (QED) is 0.768. The molecule has 6 heteroatoms. The van der Waals surface area contributed by atoms with Gasteiger partial charge in [0.05, 0.1) is 5.41 Å². The van der Waals surface area contributed by atoms with E-state index in [9.17, 15) is 14.0 Å². The highest BCUT2D eigenvalue weighted by molar-refractivity contribution is 5.94. The molecule has 2 aromatic rings. The summed E-state index contributed by atoms with van der Waals surface area (Å²) >= 11 is 0. The zero-order chi connectivity index (χ0) is 20.1. The van der Waals surface area contributed by atoms with Gasteiger partial charge in [-0.05, 0) is 54.8 Å². The maximum absolute atomic E-state index is 13.3. The van der Waals surface area contributed by atoms with Crippen LogP contribution in [0.4, 0.5) is 15.8 Å². The molecule has 1 saturated carbocycles. The molecule has 5 nitrogen and oxygen atoms in total. The first kappa shape index (κ1) is 19.9. The minimum atomic E-state index is -0.790. The molecule has 0 radical (unpaired) electrons. The van der Waals surface area contributed by atoms with Crippen LogP contribution in [0.3, 0.4) is 0 Å². The van der Waals surface area contributed by atoms with E-state index in [1.807, 2.05) is 31.1 Å². The second-order valence-electron chi connectivity index (χ2n) is 7.36. The number of nitrogens with zero attached hydrogens (tertiary/aromatic N) is 1. The zero-order valence-electron chi connectivity index (χ0n) is 16.2. The van der Waals surface area contributed by atoms with Crippen LogP contribution in [0, 0.1) is 5.82 Å². The second-order valence-corrected chi connectivity index (χ2v) is 7.36. The average Bonchev–Trinajstić information content (AvgIpc) is 3.18. The third-order valence-corrected chi connectivity index (χ3v) is 5.25. The van der Waals surface area contributed by atoms with Crippen molar-refractivity contribution in [3.8, 4) is 0 Å². The van der Waals surface area contributed by atoms with Gasteiger partial charge >= 0.3 is 5.97 Å². The predicted octanol–water partition coefficient (Wildman–Crippen LogP) is 3.89. The number of halogens is 1. The van der Waals surface area contributed by atoms with Crippen molar-refractivity contribution < 1.29 is 18.7 Å². The minimum Gasteiger partial charge on any atom is -0.455 e. The summed E-state index contributed by atoms with van der Waals surface area (Å²) in [5.74, 6) is -1.15. The van der Waals surface area contributed by atoms with E-state index in [2.05, 4.69) is 5.32 Å². The zero-order valence-corrected chi connectivity index (χ0v) is 16.2. The smallest absolute Gasteiger partial charge is 0.317 e. The lowest BCUT2D eigenvalue weighted by molar-refractivity contribution is -0.153. The fourth-order valence-corrected chi connectivity index (χ4v) is 3.67. The van der Waals surface area contributed by atoms with Gasteiger partial charge in [-0.3, -0.25) is 9.59 Å². The first-order valence-corrected chi connectivity index (χ1v) is 9.41. The highest BCUT2D eigenvalue weighted by Gasteiger charge is 2.44. The summed E-state index contributed by atoms with van der Waals surface area (Å²) in [6.45, 7) is -0.350. The first-order chi connectivity index (χ1) is 13.4. The van der Waals surface area contributed by atoms with E-state index in [1.165, 1.54) is 12.1 Å². The third-order valence-electron chi connectivity index (χ3n) is 5.25. The average molecular weight is 384 g/mol. The van der Waals surface area contributed by atoms with Crippen LogP contribution in [0.5, 0.6) is 0 Å². The lowest BCUT2D eigenvalue weighted by Gasteiger charge is -2.27. The normalized spacial score (nSPS) is 15.1. The van der Waals surface area contributed by atoms with E-state index in [4.69, 9.17) is 4.74 Å². The Kier molecular flexibility index (Phi) is 5.97. The van der Waals surface area contributed by atoms with Gasteiger partial charge in [0.1, 0.15) is 5.82 Å². The van der Waals surface area contributed by atoms with Crippen LogP contribution < -0.4 is 10.2 Å². The molecular formula is C22H25FN2O3. The number of carbonyl (C=O) groups excluding carboxylic acids is 2. The van der Waals surface area contributed by atoms with Gasteiger partial charge in [0.15, 0.2) is 6.61 Å². The monoisotopic (exact) mass is 384 g/mol. The number of ether oxygens (including phenoxy) is 1. The molecule has 0 spiro atoms. The van der Waals surface area contributed by atoms with Gasteiger partial charge in [-0.1, -0.05) is 25.0 Å². The lowest BCUT2D eigenvalue weighted by Crippen LogP contribution is -2.36. The molecular weight excluding hydrogens is 359 g/mol. The molecule has 1 aliphatic rings. The fourth-order valence-electron chi connectivity index (χ4n) is 3.67. The van der Waals surface area contributed by atoms with E-state index < -0.39 is 17.3 Å². The summed E-state index contributed by atoms with van der Waals surface area (Å²) in [6.07, 6.45) is 3.09. The molecule has 0 heterocycles. The number of esters is 1. The number of carbonyl (C=O) groups is 2. The highest BCUT2D eigenvalue weighted by Crippen LogP contribution is 2.42. The Morgan fingerprint density at radius 2 is 1.64 bits per heavy atom. The lowest BCUT2D eigenvalue weighted by atomic mass is 9.79. The van der Waals surface area contributed by atoms with Crippen LogP contribution in [0.15, 0.2) is 48.5 Å². The van der Waals surface area contributed by atoms with Crippen LogP contribution in [0.2, 0.25) is 0 Å². The van der Waals surface area contributed by atoms with Gasteiger partial charge in [0, 0.05) is 25.5 Å². The van der Waals surface area contributed by atoms with Gasteiger partial charge in [-0.2, -0.15) is 0 Å². The summed E-state index contributed by atoms with van der Waals surface area (Å²) in [4.78, 5) is 27.0. The number of rotatable bonds is 6. The highest BCUT2D eigenvalue weighted by atomic mass is 19.1. The summed E-state index contributed by atoms with van der Waals surface area (Å²) in [5, 5.41) is 2.73. The van der Waals surface area contributed by atoms with Crippen LogP contribution in [-0.4, -0.2) is 32.6 Å². The summed E-state index contributed by atoms with van der Waals surface area (Å²) in [6, 6.07) is 13.4. The van der Waals surface area contributed by atoms with E-state index >= 15 is 0 Å². The Morgan fingerprint density at radius 3 is 2.21 bits per heavy atom. The van der Waals surface area contributed by atoms with Crippen LogP contribution >= 0.6 is 0 Å². The molecule has 2 aromatic carbocycles. The maximum Gasteiger partial charge on any atom is 0.317 e. The molecule has 0 aromatic heterocycles. The molecule has 0 aliphatic heterocycles.